The van der Waals surface area contributed by atoms with E-state index < -0.39 is 0 Å². The van der Waals surface area contributed by atoms with Crippen molar-refractivity contribution in [2.75, 3.05) is 0 Å². The lowest BCUT2D eigenvalue weighted by Gasteiger charge is -2.33. The Morgan fingerprint density at radius 3 is 1.82 bits per heavy atom. The molecule has 0 atom stereocenters. The van der Waals surface area contributed by atoms with Crippen LogP contribution in [0, 0.1) is 0 Å². The van der Waals surface area contributed by atoms with Crippen molar-refractivity contribution in [3.05, 3.63) is 23.3 Å². The van der Waals surface area contributed by atoms with Gasteiger partial charge in [-0.1, -0.05) is 63.6 Å². The first-order valence-electron chi connectivity index (χ1n) is 6.94. The average Bonchev–Trinajstić information content (AvgIpc) is 2.37. The summed E-state index contributed by atoms with van der Waals surface area (Å²) >= 11 is 1.13. The Kier molecular flexibility index (Phi) is 5.51. The Hall–Kier alpha value is -1.69. The Bertz CT molecular complexity index is 561. The zero-order chi connectivity index (χ0) is 17.1. The van der Waals surface area contributed by atoms with Gasteiger partial charge in [0, 0.05) is 4.90 Å². The lowest BCUT2D eigenvalue weighted by Crippen LogP contribution is -2.21. The van der Waals surface area contributed by atoms with Crippen LogP contribution >= 0.6 is 11.8 Å². The Balaban J connectivity index is 3.48. The van der Waals surface area contributed by atoms with E-state index in [0.29, 0.717) is 11.1 Å². The maximum atomic E-state index is 12.7. The van der Waals surface area contributed by atoms with Crippen molar-refractivity contribution >= 4 is 23.0 Å². The molecule has 122 valence electrons. The Labute approximate surface area is 135 Å². The van der Waals surface area contributed by atoms with Crippen LogP contribution in [0.1, 0.15) is 52.7 Å². The van der Waals surface area contributed by atoms with Crippen LogP contribution < -0.4 is 5.11 Å². The third-order valence-corrected chi connectivity index (χ3v) is 4.04. The van der Waals surface area contributed by atoms with Crippen LogP contribution in [0.25, 0.3) is 0 Å². The highest BCUT2D eigenvalue weighted by Gasteiger charge is 2.22. The molecule has 0 aromatic heterocycles. The zero-order valence-electron chi connectivity index (χ0n) is 13.8. The quantitative estimate of drug-likeness (QED) is 0.285. The molecule has 0 heterocycles. The van der Waals surface area contributed by atoms with E-state index in [0.717, 1.165) is 22.9 Å². The standard InChI is InChI=1S/C16H24N2O3S/c1-15(2,3)11-7-10(22-13(18-21)9-17-20)8-12(14(11)19)16(4,5)6/h7-9,19-21H,1-6H3/p-1/b17-9-,18-13-. The number of oxime groups is 2. The molecule has 0 aliphatic heterocycles. The lowest BCUT2D eigenvalue weighted by atomic mass is 9.79. The molecule has 0 fully saturated rings. The van der Waals surface area contributed by atoms with Gasteiger partial charge in [0.2, 0.25) is 0 Å². The third kappa shape index (κ3) is 4.40. The maximum absolute atomic E-state index is 12.7. The largest absolute Gasteiger partial charge is 0.872 e. The Morgan fingerprint density at radius 1 is 1.05 bits per heavy atom. The number of benzene rings is 1. The van der Waals surface area contributed by atoms with E-state index in [1.807, 2.05) is 41.5 Å². The molecule has 22 heavy (non-hydrogen) atoms. The number of hydrogen-bond acceptors (Lipinski definition) is 6. The fourth-order valence-electron chi connectivity index (χ4n) is 2.02. The van der Waals surface area contributed by atoms with Gasteiger partial charge in [0.1, 0.15) is 6.21 Å². The summed E-state index contributed by atoms with van der Waals surface area (Å²) in [5.41, 5.74) is 0.825. The molecule has 1 rings (SSSR count). The normalized spacial score (nSPS) is 13.8. The molecule has 0 saturated heterocycles. The van der Waals surface area contributed by atoms with Crippen LogP contribution in [-0.2, 0) is 10.8 Å². The van der Waals surface area contributed by atoms with Crippen molar-refractivity contribution in [2.24, 2.45) is 10.3 Å². The van der Waals surface area contributed by atoms with Gasteiger partial charge in [0.25, 0.3) is 0 Å². The van der Waals surface area contributed by atoms with Gasteiger partial charge in [0.05, 0.1) is 0 Å². The van der Waals surface area contributed by atoms with Crippen molar-refractivity contribution in [3.8, 4) is 5.75 Å². The molecule has 0 amide bonds. The van der Waals surface area contributed by atoms with Crippen LogP contribution in [0.15, 0.2) is 27.3 Å². The summed E-state index contributed by atoms with van der Waals surface area (Å²) in [7, 11) is 0. The first-order valence-corrected chi connectivity index (χ1v) is 7.75. The smallest absolute Gasteiger partial charge is 0.162 e. The van der Waals surface area contributed by atoms with Crippen LogP contribution in [0.4, 0.5) is 0 Å². The lowest BCUT2D eigenvalue weighted by molar-refractivity contribution is -0.271. The third-order valence-electron chi connectivity index (χ3n) is 3.17. The van der Waals surface area contributed by atoms with Crippen molar-refractivity contribution < 1.29 is 15.5 Å². The zero-order valence-corrected chi connectivity index (χ0v) is 14.7. The molecular formula is C16H23N2O3S-. The van der Waals surface area contributed by atoms with E-state index in [-0.39, 0.29) is 21.6 Å². The van der Waals surface area contributed by atoms with Crippen molar-refractivity contribution in [1.82, 2.24) is 0 Å². The molecule has 6 heteroatoms. The van der Waals surface area contributed by atoms with Crippen molar-refractivity contribution in [1.29, 1.82) is 0 Å². The molecule has 0 unspecified atom stereocenters. The van der Waals surface area contributed by atoms with Gasteiger partial charge in [-0.25, -0.2) is 0 Å². The molecule has 5 nitrogen and oxygen atoms in total. The van der Waals surface area contributed by atoms with Gasteiger partial charge in [-0.3, -0.25) is 0 Å². The van der Waals surface area contributed by atoms with Crippen molar-refractivity contribution in [3.63, 3.8) is 0 Å². The topological polar surface area (TPSA) is 88.2 Å². The maximum Gasteiger partial charge on any atom is 0.162 e. The molecule has 0 bridgehead atoms. The monoisotopic (exact) mass is 323 g/mol. The van der Waals surface area contributed by atoms with Gasteiger partial charge in [-0.15, -0.1) is 5.75 Å². The minimum absolute atomic E-state index is 0.0441. The van der Waals surface area contributed by atoms with Gasteiger partial charge in [-0.2, -0.15) is 0 Å². The molecule has 0 radical (unpaired) electrons. The summed E-state index contributed by atoms with van der Waals surface area (Å²) in [6.07, 6.45) is 1.04. The van der Waals surface area contributed by atoms with Crippen LogP contribution in [-0.4, -0.2) is 21.7 Å². The minimum atomic E-state index is -0.296. The van der Waals surface area contributed by atoms with Gasteiger partial charge in [0.15, 0.2) is 5.04 Å². The van der Waals surface area contributed by atoms with Crippen molar-refractivity contribution in [2.45, 2.75) is 57.3 Å². The molecule has 1 aromatic carbocycles. The van der Waals surface area contributed by atoms with Gasteiger partial charge in [-0.05, 0) is 34.1 Å². The summed E-state index contributed by atoms with van der Waals surface area (Å²) in [4.78, 5) is 0.766. The molecule has 0 aliphatic rings. The molecule has 2 N–H and O–H groups in total. The highest BCUT2D eigenvalue weighted by atomic mass is 32.2. The highest BCUT2D eigenvalue weighted by molar-refractivity contribution is 8.15. The van der Waals surface area contributed by atoms with Crippen LogP contribution in [0.2, 0.25) is 0 Å². The summed E-state index contributed by atoms with van der Waals surface area (Å²) in [5.74, 6) is 0.0441. The molecule has 1 aromatic rings. The van der Waals surface area contributed by atoms with E-state index in [2.05, 4.69) is 10.3 Å². The molecule has 0 saturated carbocycles. The van der Waals surface area contributed by atoms with Gasteiger partial charge >= 0.3 is 0 Å². The molecule has 0 aliphatic carbocycles. The fraction of sp³-hybridized carbons (Fsp3) is 0.500. The predicted molar refractivity (Wildman–Crippen MR) is 88.6 cm³/mol. The summed E-state index contributed by atoms with van der Waals surface area (Å²) in [6, 6.07) is 3.61. The number of rotatable bonds is 2. The number of nitrogens with zero attached hydrogens (tertiary/aromatic N) is 2. The number of hydrogen-bond donors (Lipinski definition) is 2. The van der Waals surface area contributed by atoms with E-state index in [9.17, 15) is 5.11 Å². The second kappa shape index (κ2) is 6.60. The second-order valence-corrected chi connectivity index (χ2v) is 8.23. The van der Waals surface area contributed by atoms with Crippen LogP contribution in [0.3, 0.4) is 0 Å². The van der Waals surface area contributed by atoms with E-state index >= 15 is 0 Å². The first kappa shape index (κ1) is 18.4. The van der Waals surface area contributed by atoms with E-state index in [1.165, 1.54) is 0 Å². The van der Waals surface area contributed by atoms with Crippen LogP contribution in [0.5, 0.6) is 5.75 Å². The predicted octanol–water partition coefficient (Wildman–Crippen LogP) is 3.70. The second-order valence-electron chi connectivity index (χ2n) is 7.13. The van der Waals surface area contributed by atoms with E-state index in [4.69, 9.17) is 10.4 Å². The van der Waals surface area contributed by atoms with E-state index in [1.54, 1.807) is 12.1 Å². The average molecular weight is 323 g/mol. The summed E-state index contributed by atoms with van der Waals surface area (Å²) in [6.45, 7) is 11.9. The Morgan fingerprint density at radius 2 is 1.50 bits per heavy atom. The minimum Gasteiger partial charge on any atom is -0.872 e. The molecular weight excluding hydrogens is 300 g/mol. The van der Waals surface area contributed by atoms with Gasteiger partial charge < -0.3 is 15.5 Å². The SMILES string of the molecule is CC(C)(C)c1cc(SC(/C=N\O)=N\O)cc(C(C)(C)C)c1[O-]. The fourth-order valence-corrected chi connectivity index (χ4v) is 2.75. The summed E-state index contributed by atoms with van der Waals surface area (Å²) < 4.78 is 0. The number of thioether (sulfide) groups is 1. The summed E-state index contributed by atoms with van der Waals surface area (Å²) in [5, 5.41) is 36.3. The highest BCUT2D eigenvalue weighted by Crippen LogP contribution is 2.40. The first-order chi connectivity index (χ1) is 10.0. The molecule has 0 spiro atoms.